The minimum atomic E-state index is -0.310. The molecular weight excluding hydrogens is 352 g/mol. The van der Waals surface area contributed by atoms with Gasteiger partial charge in [0.15, 0.2) is 11.5 Å². The van der Waals surface area contributed by atoms with E-state index >= 15 is 0 Å². The summed E-state index contributed by atoms with van der Waals surface area (Å²) in [4.78, 5) is 17.5. The maximum absolute atomic E-state index is 12.2. The van der Waals surface area contributed by atoms with E-state index in [4.69, 9.17) is 9.26 Å². The lowest BCUT2D eigenvalue weighted by molar-refractivity contribution is 0.0940. The van der Waals surface area contributed by atoms with Crippen molar-refractivity contribution in [2.75, 3.05) is 6.26 Å². The van der Waals surface area contributed by atoms with Crippen molar-refractivity contribution in [2.45, 2.75) is 31.5 Å². The van der Waals surface area contributed by atoms with Crippen LogP contribution in [0.1, 0.15) is 29.0 Å². The molecule has 2 aromatic heterocycles. The standard InChI is InChI=1S/C18H20N4O3S/c1-3-22-9-8-19-17(22)11-20-18(23)14-10-13(25-21-14)12-24-15-6-4-5-7-16(15)26-2/h4-10H,3,11-12H2,1-2H3,(H,20,23). The van der Waals surface area contributed by atoms with E-state index in [9.17, 15) is 4.79 Å². The number of imidazole rings is 1. The molecule has 0 unspecified atom stereocenters. The van der Waals surface area contributed by atoms with Gasteiger partial charge in [0.2, 0.25) is 0 Å². The summed E-state index contributed by atoms with van der Waals surface area (Å²) >= 11 is 1.61. The second-order valence-electron chi connectivity index (χ2n) is 5.43. The van der Waals surface area contributed by atoms with Crippen molar-refractivity contribution < 1.29 is 14.1 Å². The fourth-order valence-electron chi connectivity index (χ4n) is 2.42. The highest BCUT2D eigenvalue weighted by Crippen LogP contribution is 2.27. The van der Waals surface area contributed by atoms with Crippen LogP contribution in [0.2, 0.25) is 0 Å². The summed E-state index contributed by atoms with van der Waals surface area (Å²) in [6, 6.07) is 9.34. The first kappa shape index (κ1) is 18.1. The van der Waals surface area contributed by atoms with Crippen LogP contribution >= 0.6 is 11.8 Å². The summed E-state index contributed by atoms with van der Waals surface area (Å²) in [5, 5.41) is 6.61. The van der Waals surface area contributed by atoms with Gasteiger partial charge in [0.25, 0.3) is 5.91 Å². The number of hydrogen-bond acceptors (Lipinski definition) is 6. The maximum Gasteiger partial charge on any atom is 0.273 e. The van der Waals surface area contributed by atoms with Crippen molar-refractivity contribution in [3.05, 3.63) is 60.0 Å². The average molecular weight is 372 g/mol. The van der Waals surface area contributed by atoms with Crippen molar-refractivity contribution in [3.63, 3.8) is 0 Å². The van der Waals surface area contributed by atoms with Crippen LogP contribution < -0.4 is 10.1 Å². The number of aromatic nitrogens is 3. The van der Waals surface area contributed by atoms with Gasteiger partial charge in [-0.1, -0.05) is 17.3 Å². The summed E-state index contributed by atoms with van der Waals surface area (Å²) in [5.74, 6) is 1.74. The molecule has 0 aliphatic carbocycles. The van der Waals surface area contributed by atoms with E-state index < -0.39 is 0 Å². The monoisotopic (exact) mass is 372 g/mol. The normalized spacial score (nSPS) is 10.7. The first-order valence-electron chi connectivity index (χ1n) is 8.21. The van der Waals surface area contributed by atoms with Crippen LogP contribution in [-0.2, 0) is 19.7 Å². The number of ether oxygens (including phenoxy) is 1. The van der Waals surface area contributed by atoms with Crippen LogP contribution in [-0.4, -0.2) is 26.9 Å². The van der Waals surface area contributed by atoms with Crippen LogP contribution in [0.25, 0.3) is 0 Å². The van der Waals surface area contributed by atoms with Gasteiger partial charge in [-0.3, -0.25) is 4.79 Å². The molecule has 0 spiro atoms. The fourth-order valence-corrected chi connectivity index (χ4v) is 2.96. The lowest BCUT2D eigenvalue weighted by atomic mass is 10.3. The Morgan fingerprint density at radius 1 is 1.38 bits per heavy atom. The summed E-state index contributed by atoms with van der Waals surface area (Å²) in [6.07, 6.45) is 5.57. The van der Waals surface area contributed by atoms with Crippen molar-refractivity contribution >= 4 is 17.7 Å². The van der Waals surface area contributed by atoms with E-state index in [1.165, 1.54) is 0 Å². The summed E-state index contributed by atoms with van der Waals surface area (Å²) in [7, 11) is 0. The van der Waals surface area contributed by atoms with Crippen molar-refractivity contribution in [1.82, 2.24) is 20.0 Å². The summed E-state index contributed by atoms with van der Waals surface area (Å²) in [6.45, 7) is 3.36. The third-order valence-electron chi connectivity index (χ3n) is 3.78. The van der Waals surface area contributed by atoms with E-state index in [1.54, 1.807) is 24.0 Å². The van der Waals surface area contributed by atoms with E-state index in [0.29, 0.717) is 12.3 Å². The molecule has 3 rings (SSSR count). The Morgan fingerprint density at radius 2 is 2.23 bits per heavy atom. The Kier molecular flexibility index (Phi) is 5.96. The molecule has 0 aliphatic heterocycles. The predicted octanol–water partition coefficient (Wildman–Crippen LogP) is 3.12. The summed E-state index contributed by atoms with van der Waals surface area (Å²) < 4.78 is 12.9. The number of amides is 1. The van der Waals surface area contributed by atoms with Gasteiger partial charge in [-0.2, -0.15) is 0 Å². The molecule has 0 bridgehead atoms. The highest BCUT2D eigenvalue weighted by Gasteiger charge is 2.14. The van der Waals surface area contributed by atoms with Crippen LogP contribution in [0.4, 0.5) is 0 Å². The van der Waals surface area contributed by atoms with Gasteiger partial charge >= 0.3 is 0 Å². The number of hydrogen-bond donors (Lipinski definition) is 1. The molecule has 0 atom stereocenters. The Hall–Kier alpha value is -2.74. The minimum Gasteiger partial charge on any atom is -0.484 e. The van der Waals surface area contributed by atoms with Crippen LogP contribution in [0.3, 0.4) is 0 Å². The SMILES string of the molecule is CCn1ccnc1CNC(=O)c1cc(COc2ccccc2SC)on1. The second kappa shape index (κ2) is 8.57. The molecule has 0 radical (unpaired) electrons. The largest absolute Gasteiger partial charge is 0.484 e. The van der Waals surface area contributed by atoms with Gasteiger partial charge < -0.3 is 19.1 Å². The molecule has 7 nitrogen and oxygen atoms in total. The zero-order valence-corrected chi connectivity index (χ0v) is 15.5. The first-order chi connectivity index (χ1) is 12.7. The number of carbonyl (C=O) groups is 1. The molecule has 0 saturated carbocycles. The third kappa shape index (κ3) is 4.26. The first-order valence-corrected chi connectivity index (χ1v) is 9.43. The molecule has 0 saturated heterocycles. The van der Waals surface area contributed by atoms with Crippen molar-refractivity contribution in [1.29, 1.82) is 0 Å². The number of benzene rings is 1. The Labute approximate surface area is 155 Å². The Balaban J connectivity index is 1.56. The van der Waals surface area contributed by atoms with Gasteiger partial charge in [-0.15, -0.1) is 11.8 Å². The molecule has 1 amide bonds. The van der Waals surface area contributed by atoms with E-state index in [-0.39, 0.29) is 18.2 Å². The molecule has 26 heavy (non-hydrogen) atoms. The number of carbonyl (C=O) groups excluding carboxylic acids is 1. The number of rotatable bonds is 8. The van der Waals surface area contributed by atoms with Gasteiger partial charge in [0.05, 0.1) is 6.54 Å². The zero-order valence-electron chi connectivity index (χ0n) is 14.6. The highest BCUT2D eigenvalue weighted by atomic mass is 32.2. The van der Waals surface area contributed by atoms with Gasteiger partial charge in [-0.25, -0.2) is 4.98 Å². The van der Waals surface area contributed by atoms with Crippen molar-refractivity contribution in [3.8, 4) is 5.75 Å². The predicted molar refractivity (Wildman–Crippen MR) is 98.1 cm³/mol. The topological polar surface area (TPSA) is 82.2 Å². The van der Waals surface area contributed by atoms with Crippen LogP contribution in [0.5, 0.6) is 5.75 Å². The lowest BCUT2D eigenvalue weighted by Gasteiger charge is -2.07. The molecule has 0 aliphatic rings. The third-order valence-corrected chi connectivity index (χ3v) is 4.56. The van der Waals surface area contributed by atoms with Crippen molar-refractivity contribution in [2.24, 2.45) is 0 Å². The second-order valence-corrected chi connectivity index (χ2v) is 6.28. The quantitative estimate of drug-likeness (QED) is 0.612. The number of aryl methyl sites for hydroxylation is 1. The molecule has 0 fully saturated rings. The molecule has 3 aromatic rings. The molecule has 1 aromatic carbocycles. The van der Waals surface area contributed by atoms with Gasteiger partial charge in [-0.05, 0) is 25.3 Å². The van der Waals surface area contributed by atoms with E-state index in [1.807, 2.05) is 48.2 Å². The number of thioether (sulfide) groups is 1. The lowest BCUT2D eigenvalue weighted by Crippen LogP contribution is -2.24. The van der Waals surface area contributed by atoms with Crippen LogP contribution in [0, 0.1) is 0 Å². The molecule has 136 valence electrons. The van der Waals surface area contributed by atoms with E-state index in [2.05, 4.69) is 15.5 Å². The highest BCUT2D eigenvalue weighted by molar-refractivity contribution is 7.98. The zero-order chi connectivity index (χ0) is 18.4. The minimum absolute atomic E-state index is 0.206. The van der Waals surface area contributed by atoms with Crippen LogP contribution in [0.15, 0.2) is 52.1 Å². The fraction of sp³-hybridized carbons (Fsp3) is 0.278. The smallest absolute Gasteiger partial charge is 0.273 e. The summed E-state index contributed by atoms with van der Waals surface area (Å²) in [5.41, 5.74) is 0.219. The molecule has 1 N–H and O–H groups in total. The average Bonchev–Trinajstić information content (AvgIpc) is 3.33. The van der Waals surface area contributed by atoms with E-state index in [0.717, 1.165) is 23.0 Å². The Morgan fingerprint density at radius 3 is 3.04 bits per heavy atom. The number of nitrogens with zero attached hydrogens (tertiary/aromatic N) is 3. The maximum atomic E-state index is 12.2. The Bertz CT molecular complexity index is 875. The van der Waals surface area contributed by atoms with Gasteiger partial charge in [0, 0.05) is 29.9 Å². The molecular formula is C18H20N4O3S. The number of nitrogens with one attached hydrogen (secondary N) is 1. The van der Waals surface area contributed by atoms with Gasteiger partial charge in [0.1, 0.15) is 18.2 Å². The molecule has 2 heterocycles. The number of para-hydroxylation sites is 1. The molecule has 8 heteroatoms.